The third kappa shape index (κ3) is 5.00. The second-order valence-corrected chi connectivity index (χ2v) is 10.2. The smallest absolute Gasteiger partial charge is 0.350 e. The maximum atomic E-state index is 13.5. The quantitative estimate of drug-likeness (QED) is 0.135. The number of carbonyl (C=O) groups is 3. The van der Waals surface area contributed by atoms with Gasteiger partial charge in [0, 0.05) is 5.56 Å². The number of amides is 1. The van der Waals surface area contributed by atoms with Gasteiger partial charge in [-0.1, -0.05) is 36.8 Å². The van der Waals surface area contributed by atoms with Crippen molar-refractivity contribution in [2.24, 2.45) is 0 Å². The van der Waals surface area contributed by atoms with Crippen LogP contribution in [0.4, 0.5) is 5.13 Å². The van der Waals surface area contributed by atoms with E-state index in [4.69, 9.17) is 18.9 Å². The van der Waals surface area contributed by atoms with Crippen molar-refractivity contribution in [3.05, 3.63) is 69.7 Å². The zero-order chi connectivity index (χ0) is 28.4. The number of rotatable bonds is 8. The van der Waals surface area contributed by atoms with E-state index in [1.54, 1.807) is 49.4 Å². The van der Waals surface area contributed by atoms with Gasteiger partial charge >= 0.3 is 11.9 Å². The standard InChI is InChI=1S/C29H28N2O8S/c1-4-5-11-37-19-8-6-7-17(14-19)23-22(24(32)18-9-10-20-21(15-18)39-13-12-38-20)25(33)27(34)31(23)29-30-16(2)26(40-29)28(35)36-3/h6-10,14-15,23,32H,4-5,11-13H2,1-3H3/b24-22+. The second-order valence-electron chi connectivity index (χ2n) is 9.20. The Labute approximate surface area is 234 Å². The maximum Gasteiger partial charge on any atom is 0.350 e. The van der Waals surface area contributed by atoms with Crippen LogP contribution in [0, 0.1) is 6.92 Å². The van der Waals surface area contributed by atoms with Gasteiger partial charge < -0.3 is 24.1 Å². The van der Waals surface area contributed by atoms with Gasteiger partial charge in [-0.05, 0) is 49.2 Å². The minimum atomic E-state index is -1.04. The molecule has 0 aliphatic carbocycles. The Morgan fingerprint density at radius 1 is 1.15 bits per heavy atom. The number of aryl methyl sites for hydroxylation is 1. The van der Waals surface area contributed by atoms with Crippen LogP contribution in [-0.2, 0) is 14.3 Å². The van der Waals surface area contributed by atoms with Crippen molar-refractivity contribution in [1.29, 1.82) is 0 Å². The van der Waals surface area contributed by atoms with E-state index in [1.165, 1.54) is 12.0 Å². The van der Waals surface area contributed by atoms with Crippen LogP contribution in [0.15, 0.2) is 48.0 Å². The summed E-state index contributed by atoms with van der Waals surface area (Å²) in [4.78, 5) is 45.2. The van der Waals surface area contributed by atoms with Gasteiger partial charge in [-0.15, -0.1) is 0 Å². The average Bonchev–Trinajstić information content (AvgIpc) is 3.48. The fraction of sp³-hybridized carbons (Fsp3) is 0.310. The zero-order valence-electron chi connectivity index (χ0n) is 22.3. The lowest BCUT2D eigenvalue weighted by atomic mass is 9.95. The number of methoxy groups -OCH3 is 1. The number of carbonyl (C=O) groups excluding carboxylic acids is 3. The molecule has 0 saturated carbocycles. The van der Waals surface area contributed by atoms with Gasteiger partial charge in [0.25, 0.3) is 5.78 Å². The molecule has 11 heteroatoms. The Morgan fingerprint density at radius 2 is 1.93 bits per heavy atom. The van der Waals surface area contributed by atoms with Crippen molar-refractivity contribution in [3.8, 4) is 17.2 Å². The zero-order valence-corrected chi connectivity index (χ0v) is 23.1. The predicted molar refractivity (Wildman–Crippen MR) is 147 cm³/mol. The number of nitrogens with zero attached hydrogens (tertiary/aromatic N) is 2. The molecule has 208 valence electrons. The van der Waals surface area contributed by atoms with Crippen molar-refractivity contribution < 1.29 is 38.4 Å². The molecule has 1 saturated heterocycles. The number of thiazole rings is 1. The molecule has 1 unspecified atom stereocenters. The molecule has 0 bridgehead atoms. The summed E-state index contributed by atoms with van der Waals surface area (Å²) in [6, 6.07) is 10.8. The average molecular weight is 565 g/mol. The van der Waals surface area contributed by atoms with Crippen LogP contribution in [0.25, 0.3) is 5.76 Å². The number of aliphatic hydroxyl groups excluding tert-OH is 1. The number of esters is 1. The second kappa shape index (κ2) is 11.4. The number of hydrogen-bond donors (Lipinski definition) is 1. The lowest BCUT2D eigenvalue weighted by molar-refractivity contribution is -0.132. The molecular formula is C29H28N2O8S. The maximum absolute atomic E-state index is 13.5. The monoisotopic (exact) mass is 564 g/mol. The number of ketones is 1. The largest absolute Gasteiger partial charge is 0.507 e. The van der Waals surface area contributed by atoms with Gasteiger partial charge in [0.15, 0.2) is 16.6 Å². The minimum Gasteiger partial charge on any atom is -0.507 e. The Bertz CT molecular complexity index is 1510. The number of hydrogen-bond acceptors (Lipinski definition) is 10. The molecule has 3 aromatic rings. The first-order valence-corrected chi connectivity index (χ1v) is 13.6. The summed E-state index contributed by atoms with van der Waals surface area (Å²) in [5, 5.41) is 11.6. The van der Waals surface area contributed by atoms with Crippen molar-refractivity contribution in [1.82, 2.24) is 4.98 Å². The number of anilines is 1. The molecule has 2 aliphatic heterocycles. The van der Waals surface area contributed by atoms with Crippen LogP contribution in [0.1, 0.15) is 52.3 Å². The Hall–Kier alpha value is -4.38. The molecule has 1 amide bonds. The van der Waals surface area contributed by atoms with E-state index in [9.17, 15) is 19.5 Å². The van der Waals surface area contributed by atoms with Crippen LogP contribution >= 0.6 is 11.3 Å². The molecule has 1 N–H and O–H groups in total. The van der Waals surface area contributed by atoms with Crippen molar-refractivity contribution in [3.63, 3.8) is 0 Å². The summed E-state index contributed by atoms with van der Waals surface area (Å²) in [6.07, 6.45) is 1.82. The highest BCUT2D eigenvalue weighted by Crippen LogP contribution is 2.45. The molecule has 1 atom stereocenters. The van der Waals surface area contributed by atoms with Crippen molar-refractivity contribution in [2.75, 3.05) is 31.8 Å². The van der Waals surface area contributed by atoms with E-state index in [0.29, 0.717) is 48.3 Å². The van der Waals surface area contributed by atoms with E-state index in [2.05, 4.69) is 11.9 Å². The number of aromatic nitrogens is 1. The van der Waals surface area contributed by atoms with Crippen LogP contribution in [-0.4, -0.2) is 54.7 Å². The van der Waals surface area contributed by atoms with Crippen LogP contribution < -0.4 is 19.1 Å². The minimum absolute atomic E-state index is 0.125. The third-order valence-electron chi connectivity index (χ3n) is 6.56. The van der Waals surface area contributed by atoms with Gasteiger partial charge in [0.2, 0.25) is 0 Å². The predicted octanol–water partition coefficient (Wildman–Crippen LogP) is 4.81. The Kier molecular flexibility index (Phi) is 7.74. The molecule has 0 spiro atoms. The van der Waals surface area contributed by atoms with Gasteiger partial charge in [-0.3, -0.25) is 14.5 Å². The molecule has 10 nitrogen and oxygen atoms in total. The van der Waals surface area contributed by atoms with E-state index in [-0.39, 0.29) is 26.9 Å². The summed E-state index contributed by atoms with van der Waals surface area (Å²) in [6.45, 7) is 4.93. The molecule has 5 rings (SSSR count). The SMILES string of the molecule is CCCCOc1cccc(C2/C(=C(\O)c3ccc4c(c3)OCCO4)C(=O)C(=O)N2c2nc(C)c(C(=O)OC)s2)c1. The van der Waals surface area contributed by atoms with Crippen LogP contribution in [0.5, 0.6) is 17.2 Å². The van der Waals surface area contributed by atoms with Crippen LogP contribution in [0.2, 0.25) is 0 Å². The molecular weight excluding hydrogens is 536 g/mol. The van der Waals surface area contributed by atoms with Gasteiger partial charge in [0.05, 0.1) is 31.0 Å². The Morgan fingerprint density at radius 3 is 2.67 bits per heavy atom. The highest BCUT2D eigenvalue weighted by atomic mass is 32.1. The summed E-state index contributed by atoms with van der Waals surface area (Å²) >= 11 is 0.938. The van der Waals surface area contributed by atoms with E-state index in [0.717, 1.165) is 24.2 Å². The fourth-order valence-corrected chi connectivity index (χ4v) is 5.58. The summed E-state index contributed by atoms with van der Waals surface area (Å²) in [5.74, 6) is -1.25. The van der Waals surface area contributed by atoms with Gasteiger partial charge in [-0.2, -0.15) is 0 Å². The molecule has 2 aromatic carbocycles. The highest BCUT2D eigenvalue weighted by Gasteiger charge is 2.48. The first kappa shape index (κ1) is 27.2. The third-order valence-corrected chi connectivity index (χ3v) is 7.70. The number of unbranched alkanes of at least 4 members (excludes halogenated alkanes) is 1. The first-order chi connectivity index (χ1) is 19.3. The molecule has 2 aliphatic rings. The van der Waals surface area contributed by atoms with Crippen molar-refractivity contribution in [2.45, 2.75) is 32.7 Å². The van der Waals surface area contributed by atoms with Crippen LogP contribution in [0.3, 0.4) is 0 Å². The van der Waals surface area contributed by atoms with E-state index >= 15 is 0 Å². The molecule has 1 aromatic heterocycles. The summed E-state index contributed by atoms with van der Waals surface area (Å²) in [7, 11) is 1.25. The van der Waals surface area contributed by atoms with Crippen molar-refractivity contribution >= 4 is 39.9 Å². The van der Waals surface area contributed by atoms with Gasteiger partial charge in [-0.25, -0.2) is 9.78 Å². The number of benzene rings is 2. The number of ether oxygens (including phenoxy) is 4. The first-order valence-electron chi connectivity index (χ1n) is 12.8. The van der Waals surface area contributed by atoms with Gasteiger partial charge in [0.1, 0.15) is 29.6 Å². The fourth-order valence-electron chi connectivity index (χ4n) is 4.57. The molecule has 3 heterocycles. The Balaban J connectivity index is 1.66. The van der Waals surface area contributed by atoms with E-state index in [1.807, 2.05) is 0 Å². The number of fused-ring (bicyclic) bond motifs is 1. The molecule has 0 radical (unpaired) electrons. The lowest BCUT2D eigenvalue weighted by Gasteiger charge is -2.24. The summed E-state index contributed by atoms with van der Waals surface area (Å²) in [5.41, 5.74) is 1.05. The highest BCUT2D eigenvalue weighted by molar-refractivity contribution is 7.17. The summed E-state index contributed by atoms with van der Waals surface area (Å²) < 4.78 is 22.0. The van der Waals surface area contributed by atoms with E-state index < -0.39 is 23.7 Å². The lowest BCUT2D eigenvalue weighted by Crippen LogP contribution is -2.29. The molecule has 1 fully saturated rings. The molecule has 40 heavy (non-hydrogen) atoms. The normalized spacial score (nSPS) is 17.7. The topological polar surface area (TPSA) is 124 Å². The number of aliphatic hydroxyl groups is 1. The number of Topliss-reactive ketones (excluding diaryl/α,β-unsaturated/α-hetero) is 1.